The second-order valence-corrected chi connectivity index (χ2v) is 4.81. The Bertz CT molecular complexity index is 305. The first-order valence-electron chi connectivity index (χ1n) is 6.56. The van der Waals surface area contributed by atoms with Crippen LogP contribution in [0.4, 0.5) is 0 Å². The summed E-state index contributed by atoms with van der Waals surface area (Å²) in [5.74, 6) is 0.967. The zero-order valence-corrected chi connectivity index (χ0v) is 11.6. The summed E-state index contributed by atoms with van der Waals surface area (Å²) >= 11 is 0. The molecule has 96 valence electrons. The summed E-state index contributed by atoms with van der Waals surface area (Å²) in [7, 11) is 2.17. The van der Waals surface area contributed by atoms with Crippen LogP contribution in [-0.2, 0) is 6.42 Å². The first-order chi connectivity index (χ1) is 8.11. The lowest BCUT2D eigenvalue weighted by molar-refractivity contribution is 0.242. The highest BCUT2D eigenvalue weighted by Crippen LogP contribution is 2.14. The fraction of sp³-hybridized carbons (Fsp3) is 0.600. The fourth-order valence-corrected chi connectivity index (χ4v) is 1.72. The van der Waals surface area contributed by atoms with Gasteiger partial charge >= 0.3 is 0 Å². The third kappa shape index (κ3) is 5.73. The number of rotatable bonds is 7. The van der Waals surface area contributed by atoms with Crippen molar-refractivity contribution in [1.82, 2.24) is 4.90 Å². The smallest absolute Gasteiger partial charge is 0.119 e. The van der Waals surface area contributed by atoms with E-state index >= 15 is 0 Å². The van der Waals surface area contributed by atoms with Gasteiger partial charge in [-0.3, -0.25) is 0 Å². The molecule has 17 heavy (non-hydrogen) atoms. The highest BCUT2D eigenvalue weighted by molar-refractivity contribution is 5.27. The molecular weight excluding hydrogens is 210 g/mol. The van der Waals surface area contributed by atoms with Crippen molar-refractivity contribution in [3.63, 3.8) is 0 Å². The van der Waals surface area contributed by atoms with E-state index in [-0.39, 0.29) is 6.10 Å². The van der Waals surface area contributed by atoms with Crippen molar-refractivity contribution >= 4 is 0 Å². The standard InChI is InChI=1S/C15H25NO/c1-5-16(4)12-6-7-14-8-10-15(11-9-14)17-13(2)3/h8-11,13H,5-7,12H2,1-4H3. The molecule has 1 rings (SSSR count). The van der Waals surface area contributed by atoms with Gasteiger partial charge in [0.25, 0.3) is 0 Å². The zero-order chi connectivity index (χ0) is 12.7. The minimum absolute atomic E-state index is 0.249. The normalized spacial score (nSPS) is 11.2. The molecule has 0 saturated heterocycles. The van der Waals surface area contributed by atoms with Gasteiger partial charge in [-0.2, -0.15) is 0 Å². The van der Waals surface area contributed by atoms with Crippen LogP contribution in [0.2, 0.25) is 0 Å². The van der Waals surface area contributed by atoms with Crippen LogP contribution in [0.3, 0.4) is 0 Å². The van der Waals surface area contributed by atoms with Crippen molar-refractivity contribution in [2.24, 2.45) is 0 Å². The summed E-state index contributed by atoms with van der Waals surface area (Å²) in [6, 6.07) is 8.48. The van der Waals surface area contributed by atoms with Gasteiger partial charge < -0.3 is 9.64 Å². The minimum atomic E-state index is 0.249. The maximum atomic E-state index is 5.62. The van der Waals surface area contributed by atoms with Crippen molar-refractivity contribution in [2.75, 3.05) is 20.1 Å². The van der Waals surface area contributed by atoms with Crippen molar-refractivity contribution in [1.29, 1.82) is 0 Å². The molecule has 2 heteroatoms. The molecule has 1 aromatic rings. The molecule has 0 spiro atoms. The maximum Gasteiger partial charge on any atom is 0.119 e. The monoisotopic (exact) mass is 235 g/mol. The summed E-state index contributed by atoms with van der Waals surface area (Å²) in [5, 5.41) is 0. The number of aryl methyl sites for hydroxylation is 1. The molecule has 0 radical (unpaired) electrons. The van der Waals surface area contributed by atoms with Crippen molar-refractivity contribution < 1.29 is 4.74 Å². The van der Waals surface area contributed by atoms with Crippen LogP contribution in [0.25, 0.3) is 0 Å². The van der Waals surface area contributed by atoms with Gasteiger partial charge in [0.15, 0.2) is 0 Å². The predicted molar refractivity (Wildman–Crippen MR) is 73.7 cm³/mol. The Labute approximate surface area is 106 Å². The van der Waals surface area contributed by atoms with E-state index in [1.54, 1.807) is 0 Å². The molecule has 0 aliphatic rings. The van der Waals surface area contributed by atoms with Gasteiger partial charge in [0.2, 0.25) is 0 Å². The molecule has 0 saturated carbocycles. The quantitative estimate of drug-likeness (QED) is 0.718. The number of benzene rings is 1. The van der Waals surface area contributed by atoms with Crippen LogP contribution in [0, 0.1) is 0 Å². The average molecular weight is 235 g/mol. The van der Waals surface area contributed by atoms with Crippen molar-refractivity contribution in [2.45, 2.75) is 39.7 Å². The Kier molecular flexibility index (Phi) is 6.06. The lowest BCUT2D eigenvalue weighted by Crippen LogP contribution is -2.19. The Balaban J connectivity index is 2.35. The van der Waals surface area contributed by atoms with E-state index < -0.39 is 0 Å². The molecule has 0 atom stereocenters. The maximum absolute atomic E-state index is 5.62. The molecule has 0 fully saturated rings. The first kappa shape index (κ1) is 14.0. The fourth-order valence-electron chi connectivity index (χ4n) is 1.72. The molecule has 0 aromatic heterocycles. The summed E-state index contributed by atoms with van der Waals surface area (Å²) in [6.45, 7) is 8.59. The Morgan fingerprint density at radius 1 is 1.18 bits per heavy atom. The summed E-state index contributed by atoms with van der Waals surface area (Å²) in [4.78, 5) is 2.34. The zero-order valence-electron chi connectivity index (χ0n) is 11.6. The number of hydrogen-bond donors (Lipinski definition) is 0. The van der Waals surface area contributed by atoms with Crippen LogP contribution < -0.4 is 4.74 Å². The molecule has 2 nitrogen and oxygen atoms in total. The highest BCUT2D eigenvalue weighted by Gasteiger charge is 1.99. The van der Waals surface area contributed by atoms with Gasteiger partial charge in [-0.25, -0.2) is 0 Å². The average Bonchev–Trinajstić information content (AvgIpc) is 2.30. The molecule has 0 bridgehead atoms. The van der Waals surface area contributed by atoms with Gasteiger partial charge in [0, 0.05) is 0 Å². The van der Waals surface area contributed by atoms with Gasteiger partial charge in [-0.1, -0.05) is 19.1 Å². The Morgan fingerprint density at radius 2 is 1.82 bits per heavy atom. The van der Waals surface area contributed by atoms with Gasteiger partial charge in [-0.15, -0.1) is 0 Å². The van der Waals surface area contributed by atoms with Crippen molar-refractivity contribution in [3.05, 3.63) is 29.8 Å². The van der Waals surface area contributed by atoms with E-state index in [0.717, 1.165) is 18.7 Å². The van der Waals surface area contributed by atoms with E-state index in [2.05, 4.69) is 57.0 Å². The number of hydrogen-bond acceptors (Lipinski definition) is 2. The van der Waals surface area contributed by atoms with Crippen LogP contribution in [0.15, 0.2) is 24.3 Å². The molecule has 0 amide bonds. The highest BCUT2D eigenvalue weighted by atomic mass is 16.5. The van der Waals surface area contributed by atoms with Crippen LogP contribution in [0.1, 0.15) is 32.8 Å². The van der Waals surface area contributed by atoms with Crippen LogP contribution in [-0.4, -0.2) is 31.1 Å². The Morgan fingerprint density at radius 3 is 2.35 bits per heavy atom. The van der Waals surface area contributed by atoms with E-state index in [9.17, 15) is 0 Å². The van der Waals surface area contributed by atoms with Gasteiger partial charge in [0.05, 0.1) is 6.10 Å². The lowest BCUT2D eigenvalue weighted by atomic mass is 10.1. The topological polar surface area (TPSA) is 12.5 Å². The third-order valence-corrected chi connectivity index (χ3v) is 2.84. The Hall–Kier alpha value is -1.02. The van der Waals surface area contributed by atoms with Gasteiger partial charge in [-0.05, 0) is 64.5 Å². The van der Waals surface area contributed by atoms with E-state index in [0.29, 0.717) is 0 Å². The van der Waals surface area contributed by atoms with Crippen LogP contribution in [0.5, 0.6) is 5.75 Å². The molecular formula is C15H25NO. The molecule has 0 unspecified atom stereocenters. The predicted octanol–water partition coefficient (Wildman–Crippen LogP) is 3.36. The molecule has 0 N–H and O–H groups in total. The van der Waals surface area contributed by atoms with Crippen LogP contribution >= 0.6 is 0 Å². The van der Waals surface area contributed by atoms with E-state index in [4.69, 9.17) is 4.74 Å². The summed E-state index contributed by atoms with van der Waals surface area (Å²) in [5.41, 5.74) is 1.39. The van der Waals surface area contributed by atoms with Gasteiger partial charge in [0.1, 0.15) is 5.75 Å². The third-order valence-electron chi connectivity index (χ3n) is 2.84. The van der Waals surface area contributed by atoms with E-state index in [1.807, 2.05) is 0 Å². The molecule has 1 aromatic carbocycles. The first-order valence-corrected chi connectivity index (χ1v) is 6.56. The van der Waals surface area contributed by atoms with E-state index in [1.165, 1.54) is 18.5 Å². The van der Waals surface area contributed by atoms with Crippen molar-refractivity contribution in [3.8, 4) is 5.75 Å². The SMILES string of the molecule is CCN(C)CCCc1ccc(OC(C)C)cc1. The second-order valence-electron chi connectivity index (χ2n) is 4.81. The summed E-state index contributed by atoms with van der Waals surface area (Å²) in [6.07, 6.45) is 2.61. The molecule has 0 aliphatic carbocycles. The lowest BCUT2D eigenvalue weighted by Gasteiger charge is -2.13. The molecule has 0 aliphatic heterocycles. The second kappa shape index (κ2) is 7.33. The minimum Gasteiger partial charge on any atom is -0.491 e. The molecule has 0 heterocycles. The summed E-state index contributed by atoms with van der Waals surface area (Å²) < 4.78 is 5.62. The number of nitrogens with zero attached hydrogens (tertiary/aromatic N) is 1. The number of ether oxygens (including phenoxy) is 1. The largest absolute Gasteiger partial charge is 0.491 e.